The Bertz CT molecular complexity index is 1250. The lowest BCUT2D eigenvalue weighted by Crippen LogP contribution is -2.44. The molecule has 3 rings (SSSR count). The number of hydrogen-bond donors (Lipinski definition) is 1. The Morgan fingerprint density at radius 2 is 1.89 bits per heavy atom. The van der Waals surface area contributed by atoms with Crippen LogP contribution in [0, 0.1) is 12.4 Å². The van der Waals surface area contributed by atoms with Gasteiger partial charge < -0.3 is 9.74 Å². The lowest BCUT2D eigenvalue weighted by Gasteiger charge is -2.37. The topological polar surface area (TPSA) is 67.4 Å². The molecule has 0 spiro atoms. The van der Waals surface area contributed by atoms with E-state index in [2.05, 4.69) is 20.4 Å². The zero-order valence-corrected chi connectivity index (χ0v) is 21.9. The van der Waals surface area contributed by atoms with Gasteiger partial charge in [0.05, 0.1) is 12.1 Å². The van der Waals surface area contributed by atoms with Gasteiger partial charge in [0.1, 0.15) is 11.8 Å². The van der Waals surface area contributed by atoms with Crippen molar-refractivity contribution < 1.29 is 26.8 Å². The number of rotatable bonds is 5. The van der Waals surface area contributed by atoms with Crippen molar-refractivity contribution in [3.63, 3.8) is 0 Å². The monoisotopic (exact) mass is 520 g/mol. The molecular formula is C25H28F4N4O2Si. The van der Waals surface area contributed by atoms with Gasteiger partial charge in [-0.25, -0.2) is 9.24 Å². The van der Waals surface area contributed by atoms with Crippen LogP contribution in [0.3, 0.4) is 0 Å². The molecule has 1 aliphatic heterocycles. The lowest BCUT2D eigenvalue weighted by atomic mass is 9.91. The summed E-state index contributed by atoms with van der Waals surface area (Å²) in [6.07, 6.45) is -4.68. The van der Waals surface area contributed by atoms with Crippen LogP contribution in [0.2, 0.25) is 18.1 Å². The van der Waals surface area contributed by atoms with Gasteiger partial charge in [-0.3, -0.25) is 4.79 Å². The molecule has 36 heavy (non-hydrogen) atoms. The molecule has 2 aromatic carbocycles. The highest BCUT2D eigenvalue weighted by Crippen LogP contribution is 2.45. The fraction of sp³-hybridized carbons (Fsp3) is 0.440. The molecule has 0 saturated carbocycles. The number of hydrogen-bond acceptors (Lipinski definition) is 4. The molecule has 11 heteroatoms. The summed E-state index contributed by atoms with van der Waals surface area (Å²) >= 11 is 0. The zero-order valence-electron chi connectivity index (χ0n) is 20.9. The molecule has 1 aliphatic rings. The normalized spacial score (nSPS) is 20.2. The van der Waals surface area contributed by atoms with E-state index in [1.54, 1.807) is 6.07 Å². The van der Waals surface area contributed by atoms with Crippen molar-refractivity contribution >= 4 is 25.6 Å². The molecule has 1 heterocycles. The van der Waals surface area contributed by atoms with E-state index >= 15 is 0 Å². The summed E-state index contributed by atoms with van der Waals surface area (Å²) in [5, 5.41) is 10.6. The Kier molecular flexibility index (Phi) is 7.07. The number of carbonyl (C=O) groups is 1. The van der Waals surface area contributed by atoms with Crippen LogP contribution in [0.1, 0.15) is 51.3 Å². The smallest absolute Gasteiger partial charge is 0.407 e. The third-order valence-electron chi connectivity index (χ3n) is 6.70. The van der Waals surface area contributed by atoms with Crippen LogP contribution >= 0.6 is 0 Å². The Morgan fingerprint density at radius 3 is 2.47 bits per heavy atom. The van der Waals surface area contributed by atoms with Crippen molar-refractivity contribution in [3.05, 3.63) is 64.8 Å². The van der Waals surface area contributed by atoms with Gasteiger partial charge in [-0.1, -0.05) is 39.0 Å². The fourth-order valence-electron chi connectivity index (χ4n) is 3.47. The summed E-state index contributed by atoms with van der Waals surface area (Å²) in [4.78, 5) is 15.9. The van der Waals surface area contributed by atoms with Crippen LogP contribution in [0.4, 0.5) is 28.9 Å². The number of azo groups is 1. The van der Waals surface area contributed by atoms with Gasteiger partial charge >= 0.3 is 6.18 Å². The molecule has 192 valence electrons. The number of amides is 1. The minimum Gasteiger partial charge on any atom is -0.541 e. The quantitative estimate of drug-likeness (QED) is 0.246. The van der Waals surface area contributed by atoms with E-state index in [1.807, 2.05) is 33.9 Å². The van der Waals surface area contributed by atoms with Crippen LogP contribution in [0.5, 0.6) is 5.75 Å². The molecule has 0 bridgehead atoms. The molecule has 2 atom stereocenters. The van der Waals surface area contributed by atoms with Gasteiger partial charge in [0.25, 0.3) is 14.2 Å². The number of anilines is 1. The van der Waals surface area contributed by atoms with E-state index in [-0.39, 0.29) is 22.9 Å². The van der Waals surface area contributed by atoms with Gasteiger partial charge in [0.15, 0.2) is 17.0 Å². The molecule has 0 aliphatic carbocycles. The number of nitrogens with one attached hydrogen (secondary N) is 1. The Labute approximate surface area is 208 Å². The maximum Gasteiger partial charge on any atom is 0.407 e. The highest BCUT2D eigenvalue weighted by molar-refractivity contribution is 6.74. The lowest BCUT2D eigenvalue weighted by molar-refractivity contribution is -0.136. The largest absolute Gasteiger partial charge is 0.541 e. The Morgan fingerprint density at radius 1 is 1.22 bits per heavy atom. The molecule has 2 unspecified atom stereocenters. The van der Waals surface area contributed by atoms with Crippen LogP contribution in [0.25, 0.3) is 4.85 Å². The van der Waals surface area contributed by atoms with Crippen molar-refractivity contribution in [1.29, 1.82) is 0 Å². The van der Waals surface area contributed by atoms with E-state index in [1.165, 1.54) is 25.1 Å². The maximum atomic E-state index is 14.9. The Balaban J connectivity index is 1.85. The van der Waals surface area contributed by atoms with Crippen LogP contribution in [0.15, 0.2) is 46.6 Å². The zero-order chi connectivity index (χ0) is 27.1. The number of nitrogens with zero attached hydrogens (tertiary/aromatic N) is 3. The van der Waals surface area contributed by atoms with Gasteiger partial charge in [0, 0.05) is 17.7 Å². The van der Waals surface area contributed by atoms with E-state index in [4.69, 9.17) is 11.0 Å². The molecule has 2 aromatic rings. The van der Waals surface area contributed by atoms with Crippen LogP contribution in [-0.4, -0.2) is 19.8 Å². The van der Waals surface area contributed by atoms with E-state index in [0.29, 0.717) is 5.56 Å². The first-order valence-corrected chi connectivity index (χ1v) is 14.2. The third kappa shape index (κ3) is 5.43. The maximum absolute atomic E-state index is 14.9. The second-order valence-electron chi connectivity index (χ2n) is 10.5. The summed E-state index contributed by atoms with van der Waals surface area (Å²) in [6.45, 7) is 18.5. The van der Waals surface area contributed by atoms with Crippen molar-refractivity contribution in [2.75, 3.05) is 5.32 Å². The number of carbonyl (C=O) groups excluding carboxylic acids is 1. The first-order chi connectivity index (χ1) is 16.5. The number of para-hydroxylation sites is 1. The van der Waals surface area contributed by atoms with Gasteiger partial charge in [-0.05, 0) is 43.3 Å². The molecule has 1 N–H and O–H groups in total. The molecular weight excluding hydrogens is 492 g/mol. The van der Waals surface area contributed by atoms with Crippen molar-refractivity contribution in [1.82, 2.24) is 0 Å². The minimum absolute atomic E-state index is 0.0718. The predicted octanol–water partition coefficient (Wildman–Crippen LogP) is 8.07. The van der Waals surface area contributed by atoms with Gasteiger partial charge in [-0.2, -0.15) is 23.4 Å². The Hall–Kier alpha value is -3.26. The first kappa shape index (κ1) is 27.3. The highest BCUT2D eigenvalue weighted by Gasteiger charge is 2.44. The molecule has 0 aromatic heterocycles. The van der Waals surface area contributed by atoms with E-state index in [0.717, 1.165) is 12.1 Å². The SMILES string of the molecule is [C-]#[N+]c1ccc(NC(=O)C2(C)CC(c3cccc(F)c3O[Si](C)(C)C(C)(C)C)N=N2)cc1C(F)(F)F. The summed E-state index contributed by atoms with van der Waals surface area (Å²) in [5.41, 5.74) is -2.76. The highest BCUT2D eigenvalue weighted by atomic mass is 28.4. The predicted molar refractivity (Wildman–Crippen MR) is 131 cm³/mol. The summed E-state index contributed by atoms with van der Waals surface area (Å²) in [5.74, 6) is -1.12. The molecule has 0 radical (unpaired) electrons. The van der Waals surface area contributed by atoms with E-state index in [9.17, 15) is 22.4 Å². The van der Waals surface area contributed by atoms with Crippen LogP contribution in [-0.2, 0) is 11.0 Å². The molecule has 1 amide bonds. The average molecular weight is 521 g/mol. The van der Waals surface area contributed by atoms with E-state index < -0.39 is 49.0 Å². The molecule has 6 nitrogen and oxygen atoms in total. The summed E-state index contributed by atoms with van der Waals surface area (Å²) < 4.78 is 61.1. The number of benzene rings is 2. The first-order valence-electron chi connectivity index (χ1n) is 11.3. The molecule has 0 fully saturated rings. The average Bonchev–Trinajstić information content (AvgIpc) is 3.17. The summed E-state index contributed by atoms with van der Waals surface area (Å²) in [7, 11) is -2.40. The van der Waals surface area contributed by atoms with Crippen molar-refractivity contribution in [2.24, 2.45) is 10.2 Å². The summed E-state index contributed by atoms with van der Waals surface area (Å²) in [6, 6.07) is 6.79. The second-order valence-corrected chi connectivity index (χ2v) is 15.3. The second kappa shape index (κ2) is 9.31. The fourth-order valence-corrected chi connectivity index (χ4v) is 4.51. The number of halogens is 4. The van der Waals surface area contributed by atoms with Crippen molar-refractivity contribution in [2.45, 2.75) is 70.0 Å². The van der Waals surface area contributed by atoms with Gasteiger partial charge in [0.2, 0.25) is 0 Å². The number of alkyl halides is 3. The van der Waals surface area contributed by atoms with Crippen LogP contribution < -0.4 is 9.74 Å². The van der Waals surface area contributed by atoms with Gasteiger partial charge in [-0.15, -0.1) is 0 Å². The third-order valence-corrected chi connectivity index (χ3v) is 11.0. The minimum atomic E-state index is -4.75. The molecule has 0 saturated heterocycles. The standard InChI is InChI=1S/C25H28F4N4O2Si/c1-23(2,3)36(6,7)35-21-16(9-8-10-18(21)26)20-14-24(4,33-32-20)22(34)31-15-11-12-19(30-5)17(13-15)25(27,28)29/h8-13,20H,14H2,1-4,6-7H3,(H,31,34). The van der Waals surface area contributed by atoms with Crippen molar-refractivity contribution in [3.8, 4) is 5.75 Å².